The summed E-state index contributed by atoms with van der Waals surface area (Å²) in [6, 6.07) is 10.3. The lowest BCUT2D eigenvalue weighted by molar-refractivity contribution is -0.137. The minimum Gasteiger partial charge on any atom is -0.497 e. The lowest BCUT2D eigenvalue weighted by Crippen LogP contribution is -2.19. The molecule has 2 aromatic carbocycles. The van der Waals surface area contributed by atoms with Gasteiger partial charge in [-0.3, -0.25) is 4.79 Å². The Morgan fingerprint density at radius 3 is 2.52 bits per heavy atom. The van der Waals surface area contributed by atoms with Gasteiger partial charge in [-0.15, -0.1) is 0 Å². The summed E-state index contributed by atoms with van der Waals surface area (Å²) in [5, 5.41) is 2.49. The second-order valence-electron chi connectivity index (χ2n) is 5.41. The monoisotopic (exact) mass is 412 g/mol. The Kier molecular flexibility index (Phi) is 5.48. The third kappa shape index (κ3) is 4.64. The van der Waals surface area contributed by atoms with Gasteiger partial charge < -0.3 is 10.1 Å². The molecule has 4 nitrogen and oxygen atoms in total. The van der Waals surface area contributed by atoms with Crippen LogP contribution in [0, 0.1) is 0 Å². The van der Waals surface area contributed by atoms with Gasteiger partial charge in [0.15, 0.2) is 5.17 Å². The van der Waals surface area contributed by atoms with Crippen LogP contribution >= 0.6 is 23.4 Å². The fourth-order valence-electron chi connectivity index (χ4n) is 2.27. The number of amidine groups is 1. The quantitative estimate of drug-likeness (QED) is 0.700. The number of aliphatic imine (C=N–C) groups is 1. The number of nitrogens with zero attached hydrogens (tertiary/aromatic N) is 1. The summed E-state index contributed by atoms with van der Waals surface area (Å²) in [6.07, 6.45) is -2.99. The topological polar surface area (TPSA) is 50.7 Å². The summed E-state index contributed by atoms with van der Waals surface area (Å²) in [5.74, 6) is 0.238. The van der Waals surface area contributed by atoms with E-state index in [9.17, 15) is 18.0 Å². The van der Waals surface area contributed by atoms with Crippen molar-refractivity contribution in [2.45, 2.75) is 6.18 Å². The predicted octanol–water partition coefficient (Wildman–Crippen LogP) is 5.26. The molecule has 1 amide bonds. The third-order valence-corrected chi connectivity index (χ3v) is 4.70. The molecule has 1 aliphatic heterocycles. The van der Waals surface area contributed by atoms with E-state index in [1.807, 2.05) is 0 Å². The molecule has 0 bridgehead atoms. The van der Waals surface area contributed by atoms with Crippen LogP contribution in [-0.4, -0.2) is 18.2 Å². The summed E-state index contributed by atoms with van der Waals surface area (Å²) >= 11 is 6.62. The molecule has 1 heterocycles. The number of ether oxygens (including phenoxy) is 1. The SMILES string of the molecule is COc1ccc(C=C2SC(=Nc3ccc(Cl)cc3C(F)(F)F)NC2=O)cc1. The number of rotatable bonds is 3. The largest absolute Gasteiger partial charge is 0.497 e. The van der Waals surface area contributed by atoms with Crippen LogP contribution in [0.4, 0.5) is 18.9 Å². The molecule has 140 valence electrons. The fourth-order valence-corrected chi connectivity index (χ4v) is 3.28. The van der Waals surface area contributed by atoms with Gasteiger partial charge in [0, 0.05) is 5.02 Å². The van der Waals surface area contributed by atoms with E-state index in [4.69, 9.17) is 16.3 Å². The first kappa shape index (κ1) is 19.3. The first-order valence-electron chi connectivity index (χ1n) is 7.56. The lowest BCUT2D eigenvalue weighted by atomic mass is 10.2. The zero-order valence-electron chi connectivity index (χ0n) is 13.8. The van der Waals surface area contributed by atoms with E-state index in [1.54, 1.807) is 37.5 Å². The second-order valence-corrected chi connectivity index (χ2v) is 6.88. The van der Waals surface area contributed by atoms with Gasteiger partial charge in [0.1, 0.15) is 5.75 Å². The number of thioether (sulfide) groups is 1. The number of hydrogen-bond acceptors (Lipinski definition) is 4. The predicted molar refractivity (Wildman–Crippen MR) is 100 cm³/mol. The van der Waals surface area contributed by atoms with Crippen LogP contribution in [0.2, 0.25) is 5.02 Å². The maximum absolute atomic E-state index is 13.2. The third-order valence-electron chi connectivity index (χ3n) is 3.55. The van der Waals surface area contributed by atoms with E-state index in [-0.39, 0.29) is 15.9 Å². The molecule has 0 spiro atoms. The minimum atomic E-state index is -4.61. The molecule has 3 rings (SSSR count). The number of hydrogen-bond donors (Lipinski definition) is 1. The zero-order valence-corrected chi connectivity index (χ0v) is 15.4. The summed E-state index contributed by atoms with van der Waals surface area (Å²) in [6.45, 7) is 0. The van der Waals surface area contributed by atoms with Crippen molar-refractivity contribution in [1.82, 2.24) is 5.32 Å². The zero-order chi connectivity index (χ0) is 19.6. The minimum absolute atomic E-state index is 0.0468. The van der Waals surface area contributed by atoms with Crippen molar-refractivity contribution in [3.05, 3.63) is 63.5 Å². The van der Waals surface area contributed by atoms with Crippen molar-refractivity contribution in [3.63, 3.8) is 0 Å². The highest BCUT2D eigenvalue weighted by Crippen LogP contribution is 2.39. The van der Waals surface area contributed by atoms with Gasteiger partial charge in [0.2, 0.25) is 0 Å². The Bertz CT molecular complexity index is 941. The van der Waals surface area contributed by atoms with Crippen molar-refractivity contribution in [3.8, 4) is 5.75 Å². The number of benzene rings is 2. The van der Waals surface area contributed by atoms with Crippen LogP contribution in [0.1, 0.15) is 11.1 Å². The van der Waals surface area contributed by atoms with Crippen LogP contribution < -0.4 is 10.1 Å². The number of methoxy groups -OCH3 is 1. The maximum Gasteiger partial charge on any atom is 0.418 e. The Morgan fingerprint density at radius 1 is 1.19 bits per heavy atom. The molecule has 0 aromatic heterocycles. The molecule has 0 radical (unpaired) electrons. The Hall–Kier alpha value is -2.45. The van der Waals surface area contributed by atoms with Gasteiger partial charge in [0.25, 0.3) is 5.91 Å². The average molecular weight is 413 g/mol. The van der Waals surface area contributed by atoms with Crippen molar-refractivity contribution >= 4 is 46.2 Å². The molecule has 1 N–H and O–H groups in total. The Labute approximate surface area is 162 Å². The molecule has 9 heteroatoms. The molecular formula is C18H12ClF3N2O2S. The normalized spacial score (nSPS) is 17.4. The Morgan fingerprint density at radius 2 is 1.89 bits per heavy atom. The molecule has 1 saturated heterocycles. The van der Waals surface area contributed by atoms with Crippen LogP contribution in [0.25, 0.3) is 6.08 Å². The highest BCUT2D eigenvalue weighted by atomic mass is 35.5. The van der Waals surface area contributed by atoms with Gasteiger partial charge in [-0.2, -0.15) is 13.2 Å². The first-order valence-corrected chi connectivity index (χ1v) is 8.76. The van der Waals surface area contributed by atoms with Crippen LogP contribution in [0.5, 0.6) is 5.75 Å². The molecule has 27 heavy (non-hydrogen) atoms. The van der Waals surface area contributed by atoms with E-state index >= 15 is 0 Å². The molecule has 0 saturated carbocycles. The first-order chi connectivity index (χ1) is 12.8. The lowest BCUT2D eigenvalue weighted by Gasteiger charge is -2.10. The van der Waals surface area contributed by atoms with E-state index < -0.39 is 17.6 Å². The maximum atomic E-state index is 13.2. The number of carbonyl (C=O) groups excluding carboxylic acids is 1. The molecule has 1 aliphatic rings. The molecule has 0 aliphatic carbocycles. The number of nitrogens with one attached hydrogen (secondary N) is 1. The average Bonchev–Trinajstić information content (AvgIpc) is 2.95. The van der Waals surface area contributed by atoms with E-state index in [1.165, 1.54) is 6.07 Å². The highest BCUT2D eigenvalue weighted by molar-refractivity contribution is 8.18. The highest BCUT2D eigenvalue weighted by Gasteiger charge is 2.34. The summed E-state index contributed by atoms with van der Waals surface area (Å²) in [7, 11) is 1.54. The molecule has 0 unspecified atom stereocenters. The van der Waals surface area contributed by atoms with Gasteiger partial charge in [0.05, 0.1) is 23.3 Å². The fraction of sp³-hybridized carbons (Fsp3) is 0.111. The second kappa shape index (κ2) is 7.66. The van der Waals surface area contributed by atoms with Crippen LogP contribution in [0.15, 0.2) is 52.4 Å². The van der Waals surface area contributed by atoms with E-state index in [0.29, 0.717) is 10.7 Å². The number of halogens is 4. The molecule has 2 aromatic rings. The number of carbonyl (C=O) groups is 1. The molecule has 0 atom stereocenters. The van der Waals surface area contributed by atoms with Gasteiger partial charge in [-0.1, -0.05) is 23.7 Å². The van der Waals surface area contributed by atoms with Crippen molar-refractivity contribution < 1.29 is 22.7 Å². The smallest absolute Gasteiger partial charge is 0.418 e. The number of amides is 1. The van der Waals surface area contributed by atoms with Crippen LogP contribution in [0.3, 0.4) is 0 Å². The van der Waals surface area contributed by atoms with Crippen molar-refractivity contribution in [1.29, 1.82) is 0 Å². The van der Waals surface area contributed by atoms with Crippen molar-refractivity contribution in [2.24, 2.45) is 4.99 Å². The summed E-state index contributed by atoms with van der Waals surface area (Å²) < 4.78 is 44.5. The van der Waals surface area contributed by atoms with Crippen molar-refractivity contribution in [2.75, 3.05) is 7.11 Å². The van der Waals surface area contributed by atoms with Gasteiger partial charge in [-0.25, -0.2) is 4.99 Å². The molecule has 1 fully saturated rings. The summed E-state index contributed by atoms with van der Waals surface area (Å²) in [4.78, 5) is 16.4. The standard InChI is InChI=1S/C18H12ClF3N2O2S/c1-26-12-5-2-10(3-6-12)8-15-16(25)24-17(27-15)23-14-7-4-11(19)9-13(14)18(20,21)22/h2-9H,1H3,(H,23,24,25). The Balaban J connectivity index is 1.88. The summed E-state index contributed by atoms with van der Waals surface area (Å²) in [5.41, 5.74) is -0.539. The van der Waals surface area contributed by atoms with Gasteiger partial charge >= 0.3 is 6.18 Å². The number of alkyl halides is 3. The van der Waals surface area contributed by atoms with Crippen LogP contribution in [-0.2, 0) is 11.0 Å². The van der Waals surface area contributed by atoms with E-state index in [2.05, 4.69) is 10.3 Å². The van der Waals surface area contributed by atoms with E-state index in [0.717, 1.165) is 29.5 Å². The molecular weight excluding hydrogens is 401 g/mol. The van der Waals surface area contributed by atoms with Gasteiger partial charge in [-0.05, 0) is 53.7 Å².